The summed E-state index contributed by atoms with van der Waals surface area (Å²) >= 11 is 0. The van der Waals surface area contributed by atoms with Crippen LogP contribution in [0.25, 0.3) is 0 Å². The molecule has 0 spiro atoms. The third-order valence-corrected chi connectivity index (χ3v) is 3.07. The van der Waals surface area contributed by atoms with Crippen LogP contribution in [0.5, 0.6) is 0 Å². The van der Waals surface area contributed by atoms with Gasteiger partial charge in [-0.1, -0.05) is 67.5 Å². The SMILES string of the molecule is CCCCC(Cc1ccccc1)=C1[C]=CC=C1. The highest BCUT2D eigenvalue weighted by Crippen LogP contribution is 2.22. The Hall–Kier alpha value is -1.56. The zero-order valence-corrected chi connectivity index (χ0v) is 10.4. The lowest BCUT2D eigenvalue weighted by atomic mass is 9.96. The predicted molar refractivity (Wildman–Crippen MR) is 73.7 cm³/mol. The van der Waals surface area contributed by atoms with Crippen molar-refractivity contribution in [3.8, 4) is 0 Å². The Morgan fingerprint density at radius 2 is 2.00 bits per heavy atom. The highest BCUT2D eigenvalue weighted by Gasteiger charge is 2.05. The van der Waals surface area contributed by atoms with Crippen LogP contribution in [0.3, 0.4) is 0 Å². The van der Waals surface area contributed by atoms with Gasteiger partial charge in [-0.25, -0.2) is 0 Å². The summed E-state index contributed by atoms with van der Waals surface area (Å²) in [5.74, 6) is 0. The average molecular weight is 223 g/mol. The smallest absolute Gasteiger partial charge is 0.00579 e. The molecule has 1 radical (unpaired) electrons. The van der Waals surface area contributed by atoms with E-state index in [1.165, 1.54) is 36.0 Å². The lowest BCUT2D eigenvalue weighted by Gasteiger charge is -2.09. The molecule has 2 rings (SSSR count). The molecule has 0 aliphatic heterocycles. The molecule has 1 aliphatic carbocycles. The van der Waals surface area contributed by atoms with Crippen molar-refractivity contribution in [1.29, 1.82) is 0 Å². The predicted octanol–water partition coefficient (Wildman–Crippen LogP) is 4.65. The van der Waals surface area contributed by atoms with E-state index in [0.717, 1.165) is 6.42 Å². The van der Waals surface area contributed by atoms with Gasteiger partial charge in [-0.15, -0.1) is 0 Å². The minimum Gasteiger partial charge on any atom is -0.0654 e. The average Bonchev–Trinajstić information content (AvgIpc) is 2.89. The van der Waals surface area contributed by atoms with Gasteiger partial charge in [0.2, 0.25) is 0 Å². The molecule has 0 atom stereocenters. The van der Waals surface area contributed by atoms with Crippen LogP contribution in [0.1, 0.15) is 31.7 Å². The first kappa shape index (κ1) is 11.9. The highest BCUT2D eigenvalue weighted by atomic mass is 14.1. The highest BCUT2D eigenvalue weighted by molar-refractivity contribution is 5.41. The van der Waals surface area contributed by atoms with Gasteiger partial charge in [0.25, 0.3) is 0 Å². The molecule has 0 heterocycles. The molecular weight excluding hydrogens is 204 g/mol. The standard InChI is InChI=1S/C17H19/c1-2-3-11-17(16-12-7-8-13-16)14-15-9-5-4-6-10-15/h4-10,12H,2-3,11,14H2,1H3. The molecule has 0 amide bonds. The van der Waals surface area contributed by atoms with Crippen molar-refractivity contribution < 1.29 is 0 Å². The summed E-state index contributed by atoms with van der Waals surface area (Å²) in [5, 5.41) is 0. The van der Waals surface area contributed by atoms with Gasteiger partial charge in [-0.05, 0) is 36.5 Å². The van der Waals surface area contributed by atoms with Crippen LogP contribution in [0, 0.1) is 6.08 Å². The lowest BCUT2D eigenvalue weighted by molar-refractivity contribution is 0.768. The van der Waals surface area contributed by atoms with E-state index in [4.69, 9.17) is 0 Å². The van der Waals surface area contributed by atoms with Gasteiger partial charge in [0.15, 0.2) is 0 Å². The third kappa shape index (κ3) is 3.45. The Morgan fingerprint density at radius 1 is 1.18 bits per heavy atom. The maximum Gasteiger partial charge on any atom is -0.00579 e. The van der Waals surface area contributed by atoms with Gasteiger partial charge in [0.05, 0.1) is 0 Å². The summed E-state index contributed by atoms with van der Waals surface area (Å²) in [6.45, 7) is 2.24. The third-order valence-electron chi connectivity index (χ3n) is 3.07. The van der Waals surface area contributed by atoms with Gasteiger partial charge >= 0.3 is 0 Å². The van der Waals surface area contributed by atoms with Crippen molar-refractivity contribution in [2.75, 3.05) is 0 Å². The van der Waals surface area contributed by atoms with E-state index < -0.39 is 0 Å². The minimum absolute atomic E-state index is 1.06. The number of hydrogen-bond donors (Lipinski definition) is 0. The maximum absolute atomic E-state index is 3.33. The molecule has 87 valence electrons. The van der Waals surface area contributed by atoms with E-state index >= 15 is 0 Å². The fraction of sp³-hybridized carbons (Fsp3) is 0.294. The van der Waals surface area contributed by atoms with E-state index in [2.05, 4.69) is 55.5 Å². The Balaban J connectivity index is 2.14. The first-order valence-corrected chi connectivity index (χ1v) is 6.42. The van der Waals surface area contributed by atoms with E-state index in [-0.39, 0.29) is 0 Å². The molecule has 0 heteroatoms. The summed E-state index contributed by atoms with van der Waals surface area (Å²) in [6.07, 6.45) is 14.3. The second-order valence-electron chi connectivity index (χ2n) is 4.45. The molecule has 0 unspecified atom stereocenters. The topological polar surface area (TPSA) is 0 Å². The van der Waals surface area contributed by atoms with Crippen molar-refractivity contribution in [2.24, 2.45) is 0 Å². The first-order valence-electron chi connectivity index (χ1n) is 6.42. The van der Waals surface area contributed by atoms with Crippen LogP contribution >= 0.6 is 0 Å². The van der Waals surface area contributed by atoms with E-state index in [9.17, 15) is 0 Å². The van der Waals surface area contributed by atoms with Gasteiger partial charge < -0.3 is 0 Å². The van der Waals surface area contributed by atoms with Crippen LogP contribution < -0.4 is 0 Å². The van der Waals surface area contributed by atoms with Crippen LogP contribution in [0.2, 0.25) is 0 Å². The molecule has 1 aliphatic rings. The Bertz CT molecular complexity index is 418. The molecule has 1 aromatic carbocycles. The summed E-state index contributed by atoms with van der Waals surface area (Å²) < 4.78 is 0. The number of hydrogen-bond acceptors (Lipinski definition) is 0. The quantitative estimate of drug-likeness (QED) is 0.682. The molecule has 0 fully saturated rings. The van der Waals surface area contributed by atoms with Crippen LogP contribution in [-0.4, -0.2) is 0 Å². The molecule has 1 aromatic rings. The van der Waals surface area contributed by atoms with Crippen LogP contribution in [-0.2, 0) is 6.42 Å². The zero-order chi connectivity index (χ0) is 11.9. The second kappa shape index (κ2) is 6.24. The largest absolute Gasteiger partial charge is 0.0654 e. The normalized spacial score (nSPS) is 16.5. The van der Waals surface area contributed by atoms with Crippen molar-refractivity contribution in [3.63, 3.8) is 0 Å². The van der Waals surface area contributed by atoms with Crippen molar-refractivity contribution in [1.82, 2.24) is 0 Å². The molecule has 0 aromatic heterocycles. The van der Waals surface area contributed by atoms with E-state index in [0.29, 0.717) is 0 Å². The molecule has 0 N–H and O–H groups in total. The first-order chi connectivity index (χ1) is 8.40. The Labute approximate surface area is 104 Å². The summed E-state index contributed by atoms with van der Waals surface area (Å²) in [4.78, 5) is 0. The van der Waals surface area contributed by atoms with Gasteiger partial charge in [-0.2, -0.15) is 0 Å². The van der Waals surface area contributed by atoms with Crippen molar-refractivity contribution >= 4 is 0 Å². The number of rotatable bonds is 5. The van der Waals surface area contributed by atoms with Crippen molar-refractivity contribution in [2.45, 2.75) is 32.6 Å². The number of unbranched alkanes of at least 4 members (excludes halogenated alkanes) is 1. The Morgan fingerprint density at radius 3 is 2.65 bits per heavy atom. The fourth-order valence-corrected chi connectivity index (χ4v) is 2.10. The molecule has 17 heavy (non-hydrogen) atoms. The summed E-state index contributed by atoms with van der Waals surface area (Å²) in [7, 11) is 0. The van der Waals surface area contributed by atoms with Crippen LogP contribution in [0.4, 0.5) is 0 Å². The van der Waals surface area contributed by atoms with Gasteiger partial charge in [0.1, 0.15) is 0 Å². The van der Waals surface area contributed by atoms with Crippen LogP contribution in [0.15, 0.2) is 59.7 Å². The zero-order valence-electron chi connectivity index (χ0n) is 10.4. The summed E-state index contributed by atoms with van der Waals surface area (Å²) in [6, 6.07) is 10.7. The molecule has 0 saturated heterocycles. The fourth-order valence-electron chi connectivity index (χ4n) is 2.10. The summed E-state index contributed by atoms with van der Waals surface area (Å²) in [5.41, 5.74) is 4.21. The maximum atomic E-state index is 3.33. The van der Waals surface area contributed by atoms with E-state index in [1.807, 2.05) is 6.08 Å². The molecule has 0 saturated carbocycles. The molecular formula is C17H19. The Kier molecular flexibility index (Phi) is 4.37. The molecule has 0 nitrogen and oxygen atoms in total. The monoisotopic (exact) mass is 223 g/mol. The lowest BCUT2D eigenvalue weighted by Crippen LogP contribution is -1.94. The molecule has 0 bridgehead atoms. The van der Waals surface area contributed by atoms with Gasteiger partial charge in [-0.3, -0.25) is 0 Å². The second-order valence-corrected chi connectivity index (χ2v) is 4.45. The number of allylic oxidation sites excluding steroid dienone is 6. The number of benzene rings is 1. The minimum atomic E-state index is 1.06. The van der Waals surface area contributed by atoms with E-state index in [1.54, 1.807) is 0 Å². The van der Waals surface area contributed by atoms with Gasteiger partial charge in [0, 0.05) is 0 Å². The van der Waals surface area contributed by atoms with Crippen molar-refractivity contribution in [3.05, 3.63) is 71.3 Å².